The van der Waals surface area contributed by atoms with Gasteiger partial charge in [0, 0.05) is 17.7 Å². The highest BCUT2D eigenvalue weighted by Gasteiger charge is 2.28. The predicted octanol–water partition coefficient (Wildman–Crippen LogP) is 2.87. The van der Waals surface area contributed by atoms with Gasteiger partial charge in [-0.3, -0.25) is 4.79 Å². The van der Waals surface area contributed by atoms with Gasteiger partial charge in [-0.1, -0.05) is 17.3 Å². The highest BCUT2D eigenvalue weighted by molar-refractivity contribution is 6.02. The number of nitrogens with zero attached hydrogens (tertiary/aromatic N) is 2. The third kappa shape index (κ3) is 2.69. The van der Waals surface area contributed by atoms with Crippen LogP contribution in [0.2, 0.25) is 0 Å². The molecule has 2 aromatic rings. The van der Waals surface area contributed by atoms with Crippen molar-refractivity contribution in [1.82, 2.24) is 5.16 Å². The van der Waals surface area contributed by atoms with Gasteiger partial charge in [-0.25, -0.2) is 0 Å². The Balaban J connectivity index is 1.66. The quantitative estimate of drug-likeness (QED) is 0.923. The molecule has 1 aromatic carbocycles. The van der Waals surface area contributed by atoms with E-state index in [0.29, 0.717) is 23.7 Å². The summed E-state index contributed by atoms with van der Waals surface area (Å²) in [4.78, 5) is 12.0. The molecule has 1 aromatic heterocycles. The first kappa shape index (κ1) is 12.4. The van der Waals surface area contributed by atoms with Crippen molar-refractivity contribution < 1.29 is 9.32 Å². The Morgan fingerprint density at radius 3 is 2.80 bits per heavy atom. The van der Waals surface area contributed by atoms with E-state index in [1.807, 2.05) is 12.1 Å². The first-order valence-electron chi connectivity index (χ1n) is 6.50. The van der Waals surface area contributed by atoms with E-state index in [-0.39, 0.29) is 5.91 Å². The molecule has 20 heavy (non-hydrogen) atoms. The Bertz CT molecular complexity index is 663. The third-order valence-corrected chi connectivity index (χ3v) is 3.24. The van der Waals surface area contributed by atoms with Gasteiger partial charge in [-0.15, -0.1) is 0 Å². The number of carbonyl (C=O) groups is 1. The summed E-state index contributed by atoms with van der Waals surface area (Å²) in [6.45, 7) is 0. The number of nitriles is 1. The first-order valence-corrected chi connectivity index (χ1v) is 6.50. The first-order chi connectivity index (χ1) is 9.76. The van der Waals surface area contributed by atoms with Crippen molar-refractivity contribution in [3.05, 3.63) is 47.3 Å². The Hall–Kier alpha value is -2.61. The lowest BCUT2D eigenvalue weighted by molar-refractivity contribution is 0.101. The maximum Gasteiger partial charge on any atom is 0.277 e. The highest BCUT2D eigenvalue weighted by atomic mass is 16.5. The Morgan fingerprint density at radius 1 is 1.40 bits per heavy atom. The summed E-state index contributed by atoms with van der Waals surface area (Å²) in [5, 5.41) is 15.1. The van der Waals surface area contributed by atoms with Crippen LogP contribution in [-0.4, -0.2) is 11.1 Å². The molecule has 0 saturated heterocycles. The second-order valence-corrected chi connectivity index (χ2v) is 4.87. The summed E-state index contributed by atoms with van der Waals surface area (Å²) in [5.41, 5.74) is 1.89. The molecular formula is C15H13N3O2. The van der Waals surface area contributed by atoms with Crippen LogP contribution < -0.4 is 5.32 Å². The van der Waals surface area contributed by atoms with Crippen molar-refractivity contribution in [2.45, 2.75) is 25.2 Å². The molecule has 0 unspecified atom stereocenters. The van der Waals surface area contributed by atoms with E-state index in [0.717, 1.165) is 24.2 Å². The smallest absolute Gasteiger partial charge is 0.277 e. The zero-order chi connectivity index (χ0) is 13.9. The molecule has 0 atom stereocenters. The maximum atomic E-state index is 12.0. The van der Waals surface area contributed by atoms with E-state index in [9.17, 15) is 4.79 Å². The molecule has 0 radical (unpaired) electrons. The van der Waals surface area contributed by atoms with Gasteiger partial charge in [0.1, 0.15) is 5.76 Å². The number of benzene rings is 1. The maximum absolute atomic E-state index is 12.0. The number of nitrogens with one attached hydrogen (secondary N) is 1. The summed E-state index contributed by atoms with van der Waals surface area (Å²) in [7, 11) is 0. The van der Waals surface area contributed by atoms with Crippen LogP contribution in [0.4, 0.5) is 5.69 Å². The lowest BCUT2D eigenvalue weighted by atomic mass is 10.1. The summed E-state index contributed by atoms with van der Waals surface area (Å²) in [6.07, 6.45) is 2.58. The normalized spacial score (nSPS) is 13.8. The number of amides is 1. The van der Waals surface area contributed by atoms with Gasteiger partial charge in [0.15, 0.2) is 5.69 Å². The molecular weight excluding hydrogens is 254 g/mol. The molecule has 1 amide bonds. The van der Waals surface area contributed by atoms with Crippen LogP contribution >= 0.6 is 0 Å². The second kappa shape index (κ2) is 5.17. The molecule has 1 saturated carbocycles. The van der Waals surface area contributed by atoms with Crippen LogP contribution in [0.25, 0.3) is 0 Å². The lowest BCUT2D eigenvalue weighted by Gasteiger charge is -2.03. The number of anilines is 1. The number of aromatic nitrogens is 1. The Kier molecular flexibility index (Phi) is 3.21. The molecule has 1 fully saturated rings. The van der Waals surface area contributed by atoms with Gasteiger partial charge >= 0.3 is 0 Å². The van der Waals surface area contributed by atoms with Crippen LogP contribution in [0.15, 0.2) is 34.9 Å². The predicted molar refractivity (Wildman–Crippen MR) is 72.2 cm³/mol. The zero-order valence-electron chi connectivity index (χ0n) is 10.8. The van der Waals surface area contributed by atoms with Crippen molar-refractivity contribution in [2.24, 2.45) is 0 Å². The fourth-order valence-corrected chi connectivity index (χ4v) is 1.95. The molecule has 5 nitrogen and oxygen atoms in total. The average molecular weight is 267 g/mol. The molecule has 0 spiro atoms. The van der Waals surface area contributed by atoms with E-state index in [4.69, 9.17) is 9.78 Å². The molecule has 5 heteroatoms. The van der Waals surface area contributed by atoms with Crippen molar-refractivity contribution in [3.63, 3.8) is 0 Å². The fourth-order valence-electron chi connectivity index (χ4n) is 1.95. The van der Waals surface area contributed by atoms with Crippen molar-refractivity contribution in [2.75, 3.05) is 5.32 Å². The van der Waals surface area contributed by atoms with Gasteiger partial charge in [0.2, 0.25) is 0 Å². The molecule has 0 aliphatic heterocycles. The van der Waals surface area contributed by atoms with Crippen LogP contribution in [0.5, 0.6) is 0 Å². The second-order valence-electron chi connectivity index (χ2n) is 4.87. The fraction of sp³-hybridized carbons (Fsp3) is 0.267. The van der Waals surface area contributed by atoms with E-state index < -0.39 is 0 Å². The minimum atomic E-state index is -0.284. The van der Waals surface area contributed by atoms with E-state index in [1.54, 1.807) is 18.2 Å². The Labute approximate surface area is 116 Å². The third-order valence-electron chi connectivity index (χ3n) is 3.24. The monoisotopic (exact) mass is 267 g/mol. The van der Waals surface area contributed by atoms with Crippen LogP contribution in [0.1, 0.15) is 40.6 Å². The summed E-state index contributed by atoms with van der Waals surface area (Å²) < 4.78 is 5.15. The molecule has 0 bridgehead atoms. The summed E-state index contributed by atoms with van der Waals surface area (Å²) in [6, 6.07) is 11.0. The minimum Gasteiger partial charge on any atom is -0.360 e. The molecule has 100 valence electrons. The number of hydrogen-bond acceptors (Lipinski definition) is 4. The summed E-state index contributed by atoms with van der Waals surface area (Å²) in [5.74, 6) is 0.947. The van der Waals surface area contributed by atoms with E-state index >= 15 is 0 Å². The van der Waals surface area contributed by atoms with Gasteiger partial charge in [0.25, 0.3) is 5.91 Å². The number of carbonyl (C=O) groups excluding carboxylic acids is 1. The minimum absolute atomic E-state index is 0.284. The van der Waals surface area contributed by atoms with Gasteiger partial charge in [0.05, 0.1) is 12.5 Å². The number of rotatable bonds is 4. The molecule has 1 aliphatic rings. The van der Waals surface area contributed by atoms with Gasteiger partial charge in [-0.2, -0.15) is 5.26 Å². The van der Waals surface area contributed by atoms with Gasteiger partial charge < -0.3 is 9.84 Å². The van der Waals surface area contributed by atoms with E-state index in [2.05, 4.69) is 16.5 Å². The van der Waals surface area contributed by atoms with Crippen molar-refractivity contribution >= 4 is 11.6 Å². The van der Waals surface area contributed by atoms with Crippen LogP contribution in [0, 0.1) is 11.3 Å². The standard InChI is InChI=1S/C15H13N3O2/c16-8-7-10-1-5-12(6-2-10)17-15(19)13-9-14(20-18-13)11-3-4-11/h1-2,5-6,9,11H,3-4,7H2,(H,17,19). The molecule has 1 heterocycles. The Morgan fingerprint density at radius 2 is 2.15 bits per heavy atom. The molecule has 3 rings (SSSR count). The van der Waals surface area contributed by atoms with Crippen LogP contribution in [0.3, 0.4) is 0 Å². The zero-order valence-corrected chi connectivity index (χ0v) is 10.8. The highest BCUT2D eigenvalue weighted by Crippen LogP contribution is 2.40. The van der Waals surface area contributed by atoms with E-state index in [1.165, 1.54) is 0 Å². The SMILES string of the molecule is N#CCc1ccc(NC(=O)c2cc(C3CC3)on2)cc1. The van der Waals surface area contributed by atoms with Crippen molar-refractivity contribution in [1.29, 1.82) is 5.26 Å². The lowest BCUT2D eigenvalue weighted by Crippen LogP contribution is -2.12. The number of hydrogen-bond donors (Lipinski definition) is 1. The summed E-state index contributed by atoms with van der Waals surface area (Å²) >= 11 is 0. The van der Waals surface area contributed by atoms with Crippen LogP contribution in [-0.2, 0) is 6.42 Å². The van der Waals surface area contributed by atoms with Gasteiger partial charge in [-0.05, 0) is 30.5 Å². The topological polar surface area (TPSA) is 78.9 Å². The largest absolute Gasteiger partial charge is 0.360 e. The molecule has 1 aliphatic carbocycles. The average Bonchev–Trinajstić information content (AvgIpc) is 3.19. The van der Waals surface area contributed by atoms with Crippen molar-refractivity contribution in [3.8, 4) is 6.07 Å². The molecule has 1 N–H and O–H groups in total.